The molecule has 134 valence electrons. The summed E-state index contributed by atoms with van der Waals surface area (Å²) in [6, 6.07) is 0. The summed E-state index contributed by atoms with van der Waals surface area (Å²) in [5, 5.41) is 0. The molecule has 0 atom stereocenters. The van der Waals surface area contributed by atoms with Gasteiger partial charge in [-0.15, -0.1) is 0 Å². The van der Waals surface area contributed by atoms with E-state index in [1.807, 2.05) is 25.7 Å². The maximum atomic E-state index is 12.8. The summed E-state index contributed by atoms with van der Waals surface area (Å²) < 4.78 is 0. The Kier molecular flexibility index (Phi) is 7.03. The van der Waals surface area contributed by atoms with E-state index in [2.05, 4.69) is 9.88 Å². The van der Waals surface area contributed by atoms with Gasteiger partial charge in [0.15, 0.2) is 6.29 Å². The first-order valence-corrected chi connectivity index (χ1v) is 9.39. The number of carbonyl (C=O) groups is 2. The van der Waals surface area contributed by atoms with Crippen molar-refractivity contribution in [3.63, 3.8) is 0 Å². The SMILES string of the molecule is CC.Cc1c(C=O)[nH]c2c1C(=O)N(CCN1CCCCC1)CCC2. The summed E-state index contributed by atoms with van der Waals surface area (Å²) in [7, 11) is 0. The molecule has 0 bridgehead atoms. The van der Waals surface area contributed by atoms with Crippen molar-refractivity contribution in [3.8, 4) is 0 Å². The summed E-state index contributed by atoms with van der Waals surface area (Å²) in [4.78, 5) is 31.5. The third kappa shape index (κ3) is 4.07. The topological polar surface area (TPSA) is 56.4 Å². The molecule has 2 aliphatic heterocycles. The summed E-state index contributed by atoms with van der Waals surface area (Å²) >= 11 is 0. The van der Waals surface area contributed by atoms with Crippen molar-refractivity contribution < 1.29 is 9.59 Å². The third-order valence-electron chi connectivity index (χ3n) is 4.97. The number of likely N-dealkylation sites (tertiary alicyclic amines) is 1. The van der Waals surface area contributed by atoms with E-state index in [1.54, 1.807) is 0 Å². The van der Waals surface area contributed by atoms with Crippen LogP contribution in [0.1, 0.15) is 71.6 Å². The second-order valence-corrected chi connectivity index (χ2v) is 6.43. The molecular formula is C19H31N3O2. The van der Waals surface area contributed by atoms with Crippen LogP contribution < -0.4 is 0 Å². The van der Waals surface area contributed by atoms with Gasteiger partial charge in [-0.1, -0.05) is 20.3 Å². The molecule has 0 spiro atoms. The highest BCUT2D eigenvalue weighted by Crippen LogP contribution is 2.24. The summed E-state index contributed by atoms with van der Waals surface area (Å²) in [6.07, 6.45) is 6.50. The Bertz CT molecular complexity index is 559. The normalized spacial score (nSPS) is 18.5. The summed E-state index contributed by atoms with van der Waals surface area (Å²) in [5.41, 5.74) is 3.03. The Morgan fingerprint density at radius 3 is 2.42 bits per heavy atom. The zero-order chi connectivity index (χ0) is 17.5. The number of fused-ring (bicyclic) bond motifs is 1. The molecule has 0 radical (unpaired) electrons. The molecule has 24 heavy (non-hydrogen) atoms. The van der Waals surface area contributed by atoms with Crippen molar-refractivity contribution in [2.24, 2.45) is 0 Å². The van der Waals surface area contributed by atoms with Crippen LogP contribution in [0.25, 0.3) is 0 Å². The van der Waals surface area contributed by atoms with Gasteiger partial charge in [-0.05, 0) is 51.3 Å². The van der Waals surface area contributed by atoms with Crippen LogP contribution in [0.5, 0.6) is 0 Å². The fourth-order valence-corrected chi connectivity index (χ4v) is 3.64. The Labute approximate surface area is 145 Å². The molecule has 0 aromatic carbocycles. The number of aldehydes is 1. The van der Waals surface area contributed by atoms with E-state index in [-0.39, 0.29) is 5.91 Å². The zero-order valence-electron chi connectivity index (χ0n) is 15.4. The molecule has 1 saturated heterocycles. The number of hydrogen-bond donors (Lipinski definition) is 1. The van der Waals surface area contributed by atoms with Gasteiger partial charge in [0.25, 0.3) is 5.91 Å². The van der Waals surface area contributed by atoms with Gasteiger partial charge in [0.2, 0.25) is 0 Å². The van der Waals surface area contributed by atoms with Crippen LogP contribution >= 0.6 is 0 Å². The molecular weight excluding hydrogens is 302 g/mol. The van der Waals surface area contributed by atoms with Crippen molar-refractivity contribution in [2.45, 2.75) is 52.9 Å². The zero-order valence-corrected chi connectivity index (χ0v) is 15.4. The standard InChI is InChI=1S/C17H25N3O2.C2H6/c1-13-15(12-21)18-14-6-5-9-20(17(22)16(13)14)11-10-19-7-3-2-4-8-19;1-2/h12,18H,2-11H2,1H3;1-2H3. The van der Waals surface area contributed by atoms with Crippen LogP contribution in [0.4, 0.5) is 0 Å². The molecule has 3 heterocycles. The first-order valence-electron chi connectivity index (χ1n) is 9.39. The highest BCUT2D eigenvalue weighted by molar-refractivity contribution is 5.99. The molecule has 3 rings (SSSR count). The van der Waals surface area contributed by atoms with E-state index in [0.717, 1.165) is 68.7 Å². The van der Waals surface area contributed by atoms with Gasteiger partial charge in [0.05, 0.1) is 11.3 Å². The number of amides is 1. The first kappa shape index (κ1) is 18.7. The average molecular weight is 333 g/mol. The Morgan fingerprint density at radius 2 is 1.75 bits per heavy atom. The molecule has 1 amide bonds. The highest BCUT2D eigenvalue weighted by Gasteiger charge is 2.27. The van der Waals surface area contributed by atoms with Crippen molar-refractivity contribution in [1.82, 2.24) is 14.8 Å². The lowest BCUT2D eigenvalue weighted by atomic mass is 10.1. The van der Waals surface area contributed by atoms with Gasteiger partial charge >= 0.3 is 0 Å². The predicted molar refractivity (Wildman–Crippen MR) is 96.8 cm³/mol. The van der Waals surface area contributed by atoms with E-state index < -0.39 is 0 Å². The quantitative estimate of drug-likeness (QED) is 0.862. The van der Waals surface area contributed by atoms with Crippen LogP contribution in [0.2, 0.25) is 0 Å². The van der Waals surface area contributed by atoms with Gasteiger partial charge in [0, 0.05) is 25.3 Å². The number of aryl methyl sites for hydroxylation is 1. The number of hydrogen-bond acceptors (Lipinski definition) is 3. The molecule has 2 aliphatic rings. The fourth-order valence-electron chi connectivity index (χ4n) is 3.64. The minimum atomic E-state index is 0.0892. The number of nitrogens with one attached hydrogen (secondary N) is 1. The van der Waals surface area contributed by atoms with E-state index in [9.17, 15) is 9.59 Å². The smallest absolute Gasteiger partial charge is 0.256 e. The van der Waals surface area contributed by atoms with Gasteiger partial charge in [-0.2, -0.15) is 0 Å². The lowest BCUT2D eigenvalue weighted by Gasteiger charge is -2.29. The number of H-pyrrole nitrogens is 1. The lowest BCUT2D eigenvalue weighted by molar-refractivity contribution is 0.0734. The van der Waals surface area contributed by atoms with Crippen LogP contribution in [0.15, 0.2) is 0 Å². The average Bonchev–Trinajstić information content (AvgIpc) is 2.86. The number of aromatic amines is 1. The number of aromatic nitrogens is 1. The number of rotatable bonds is 4. The molecule has 0 unspecified atom stereocenters. The third-order valence-corrected chi connectivity index (χ3v) is 4.97. The minimum Gasteiger partial charge on any atom is -0.355 e. The Balaban J connectivity index is 0.00000100. The maximum absolute atomic E-state index is 12.8. The second-order valence-electron chi connectivity index (χ2n) is 6.43. The molecule has 0 aliphatic carbocycles. The van der Waals surface area contributed by atoms with Crippen LogP contribution in [0.3, 0.4) is 0 Å². The summed E-state index contributed by atoms with van der Waals surface area (Å²) in [5.74, 6) is 0.0892. The molecule has 1 N–H and O–H groups in total. The van der Waals surface area contributed by atoms with Gasteiger partial charge in [-0.25, -0.2) is 0 Å². The van der Waals surface area contributed by atoms with Crippen LogP contribution in [0, 0.1) is 6.92 Å². The van der Waals surface area contributed by atoms with E-state index in [4.69, 9.17) is 0 Å². The molecule has 1 fully saturated rings. The van der Waals surface area contributed by atoms with Crippen LogP contribution in [-0.2, 0) is 6.42 Å². The Morgan fingerprint density at radius 1 is 1.04 bits per heavy atom. The molecule has 1 aromatic heterocycles. The highest BCUT2D eigenvalue weighted by atomic mass is 16.2. The minimum absolute atomic E-state index is 0.0892. The Hall–Kier alpha value is -1.62. The van der Waals surface area contributed by atoms with E-state index in [0.29, 0.717) is 5.69 Å². The van der Waals surface area contributed by atoms with Gasteiger partial charge in [0.1, 0.15) is 0 Å². The monoisotopic (exact) mass is 333 g/mol. The molecule has 0 saturated carbocycles. The van der Waals surface area contributed by atoms with E-state index in [1.165, 1.54) is 19.3 Å². The largest absolute Gasteiger partial charge is 0.355 e. The molecule has 5 heteroatoms. The number of nitrogens with zero attached hydrogens (tertiary/aromatic N) is 2. The van der Waals surface area contributed by atoms with E-state index >= 15 is 0 Å². The summed E-state index contributed by atoms with van der Waals surface area (Å²) in [6.45, 7) is 10.7. The fraction of sp³-hybridized carbons (Fsp3) is 0.684. The lowest BCUT2D eigenvalue weighted by Crippen LogP contribution is -2.40. The number of piperidine rings is 1. The molecule has 5 nitrogen and oxygen atoms in total. The van der Waals surface area contributed by atoms with Gasteiger partial charge in [-0.3, -0.25) is 9.59 Å². The van der Waals surface area contributed by atoms with Crippen molar-refractivity contribution in [1.29, 1.82) is 0 Å². The number of carbonyl (C=O) groups excluding carboxylic acids is 2. The van der Waals surface area contributed by atoms with Crippen LogP contribution in [-0.4, -0.2) is 59.7 Å². The molecule has 1 aromatic rings. The predicted octanol–water partition coefficient (Wildman–Crippen LogP) is 3.04. The van der Waals surface area contributed by atoms with Crippen molar-refractivity contribution in [2.75, 3.05) is 32.7 Å². The maximum Gasteiger partial charge on any atom is 0.256 e. The second kappa shape index (κ2) is 9.02. The van der Waals surface area contributed by atoms with Crippen molar-refractivity contribution >= 4 is 12.2 Å². The van der Waals surface area contributed by atoms with Crippen molar-refractivity contribution in [3.05, 3.63) is 22.5 Å². The van der Waals surface area contributed by atoms with Gasteiger partial charge < -0.3 is 14.8 Å². The first-order chi connectivity index (χ1) is 11.7.